The number of nitrogens with one attached hydrogen (secondary N) is 1. The molecule has 0 aliphatic carbocycles. The van der Waals surface area contributed by atoms with Gasteiger partial charge in [-0.05, 0) is 23.6 Å². The first-order valence-electron chi connectivity index (χ1n) is 8.27. The number of carbonyl (C=O) groups excluding carboxylic acids is 1. The van der Waals surface area contributed by atoms with E-state index in [9.17, 15) is 9.59 Å². The third-order valence-corrected chi connectivity index (χ3v) is 5.46. The van der Waals surface area contributed by atoms with Gasteiger partial charge in [-0.25, -0.2) is 0 Å². The smallest absolute Gasteiger partial charge is 0.291 e. The molecule has 1 aliphatic rings. The van der Waals surface area contributed by atoms with E-state index < -0.39 is 0 Å². The molecule has 25 heavy (non-hydrogen) atoms. The van der Waals surface area contributed by atoms with Gasteiger partial charge in [0.25, 0.3) is 5.91 Å². The van der Waals surface area contributed by atoms with Crippen LogP contribution in [-0.2, 0) is 0 Å². The molecule has 1 N–H and O–H groups in total. The van der Waals surface area contributed by atoms with E-state index in [0.29, 0.717) is 23.1 Å². The molecule has 1 aromatic carbocycles. The van der Waals surface area contributed by atoms with Gasteiger partial charge in [-0.1, -0.05) is 18.2 Å². The molecule has 2 aromatic heterocycles. The predicted molar refractivity (Wildman–Crippen MR) is 97.4 cm³/mol. The minimum absolute atomic E-state index is 0.108. The first-order chi connectivity index (χ1) is 12.1. The van der Waals surface area contributed by atoms with Gasteiger partial charge in [0.2, 0.25) is 5.76 Å². The van der Waals surface area contributed by atoms with Crippen molar-refractivity contribution in [3.8, 4) is 0 Å². The first kappa shape index (κ1) is 16.1. The molecular formula is C19H19N2O3S+. The maximum absolute atomic E-state index is 13.1. The molecule has 3 heterocycles. The van der Waals surface area contributed by atoms with Crippen LogP contribution in [0, 0.1) is 0 Å². The summed E-state index contributed by atoms with van der Waals surface area (Å²) in [7, 11) is 4.09. The summed E-state index contributed by atoms with van der Waals surface area (Å²) in [5.74, 6) is -0.00615. The van der Waals surface area contributed by atoms with Gasteiger partial charge in [0.15, 0.2) is 5.43 Å². The van der Waals surface area contributed by atoms with Gasteiger partial charge in [0.05, 0.1) is 44.2 Å². The molecular weight excluding hydrogens is 336 g/mol. The summed E-state index contributed by atoms with van der Waals surface area (Å²) in [6.45, 7) is 1.37. The van der Waals surface area contributed by atoms with Crippen LogP contribution in [0.25, 0.3) is 11.0 Å². The Morgan fingerprint density at radius 2 is 1.96 bits per heavy atom. The average Bonchev–Trinajstić information content (AvgIpc) is 3.21. The number of thiophene rings is 1. The number of para-hydroxylation sites is 1. The van der Waals surface area contributed by atoms with Crippen LogP contribution in [0.4, 0.5) is 0 Å². The molecule has 0 bridgehead atoms. The molecule has 0 saturated heterocycles. The lowest BCUT2D eigenvalue weighted by Gasteiger charge is -2.24. The van der Waals surface area contributed by atoms with Crippen molar-refractivity contribution in [1.29, 1.82) is 0 Å². The number of fused-ring (bicyclic) bond motifs is 2. The number of quaternary nitrogens is 1. The number of nitrogens with zero attached hydrogens (tertiary/aromatic N) is 1. The Balaban J connectivity index is 1.92. The summed E-state index contributed by atoms with van der Waals surface area (Å²) in [6, 6.07) is 10.7. The number of likely N-dealkylation sites (N-methyl/N-ethyl adjacent to an activating group) is 1. The van der Waals surface area contributed by atoms with Gasteiger partial charge in [-0.2, -0.15) is 0 Å². The summed E-state index contributed by atoms with van der Waals surface area (Å²) >= 11 is 1.56. The fraction of sp³-hybridized carbons (Fsp3) is 0.263. The molecule has 0 spiro atoms. The van der Waals surface area contributed by atoms with Crippen LogP contribution in [0.1, 0.15) is 27.0 Å². The second kappa shape index (κ2) is 6.13. The van der Waals surface area contributed by atoms with E-state index in [-0.39, 0.29) is 23.1 Å². The second-order valence-electron chi connectivity index (χ2n) is 6.54. The molecule has 0 radical (unpaired) electrons. The average molecular weight is 355 g/mol. The Morgan fingerprint density at radius 3 is 2.68 bits per heavy atom. The molecule has 0 unspecified atom stereocenters. The third-order valence-electron chi connectivity index (χ3n) is 4.54. The molecule has 0 saturated carbocycles. The van der Waals surface area contributed by atoms with Gasteiger partial charge >= 0.3 is 0 Å². The lowest BCUT2D eigenvalue weighted by Crippen LogP contribution is -3.06. The van der Waals surface area contributed by atoms with E-state index in [4.69, 9.17) is 4.42 Å². The topological polar surface area (TPSA) is 55.0 Å². The first-order valence-corrected chi connectivity index (χ1v) is 9.15. The van der Waals surface area contributed by atoms with Crippen LogP contribution in [0.15, 0.2) is 51.0 Å². The van der Waals surface area contributed by atoms with Crippen molar-refractivity contribution in [2.45, 2.75) is 6.04 Å². The van der Waals surface area contributed by atoms with Crippen molar-refractivity contribution in [1.82, 2.24) is 4.90 Å². The molecule has 1 aliphatic heterocycles. The van der Waals surface area contributed by atoms with E-state index in [1.165, 1.54) is 4.90 Å². The van der Waals surface area contributed by atoms with Crippen LogP contribution < -0.4 is 10.3 Å². The van der Waals surface area contributed by atoms with Gasteiger partial charge in [0.1, 0.15) is 5.58 Å². The highest BCUT2D eigenvalue weighted by Gasteiger charge is 2.43. The minimum Gasteiger partial charge on any atom is -0.450 e. The summed E-state index contributed by atoms with van der Waals surface area (Å²) in [5.41, 5.74) is 0.827. The quantitative estimate of drug-likeness (QED) is 0.772. The Hall–Kier alpha value is -2.44. The molecule has 128 valence electrons. The summed E-state index contributed by atoms with van der Waals surface area (Å²) in [5, 5.41) is 2.49. The third kappa shape index (κ3) is 2.58. The fourth-order valence-electron chi connectivity index (χ4n) is 3.28. The zero-order valence-corrected chi connectivity index (χ0v) is 14.9. The van der Waals surface area contributed by atoms with Crippen LogP contribution >= 0.6 is 11.3 Å². The largest absolute Gasteiger partial charge is 0.450 e. The fourth-order valence-corrected chi connectivity index (χ4v) is 4.13. The van der Waals surface area contributed by atoms with Crippen LogP contribution in [0.3, 0.4) is 0 Å². The molecule has 5 nitrogen and oxygen atoms in total. The molecule has 1 amide bonds. The molecule has 0 fully saturated rings. The highest BCUT2D eigenvalue weighted by atomic mass is 32.1. The maximum atomic E-state index is 13.1. The lowest BCUT2D eigenvalue weighted by molar-refractivity contribution is -0.857. The van der Waals surface area contributed by atoms with Crippen molar-refractivity contribution < 1.29 is 14.1 Å². The molecule has 4 rings (SSSR count). The monoisotopic (exact) mass is 355 g/mol. The van der Waals surface area contributed by atoms with E-state index in [1.54, 1.807) is 34.4 Å². The molecule has 1 atom stereocenters. The molecule has 3 aromatic rings. The summed E-state index contributed by atoms with van der Waals surface area (Å²) in [4.78, 5) is 30.1. The van der Waals surface area contributed by atoms with Gasteiger partial charge < -0.3 is 14.2 Å². The van der Waals surface area contributed by atoms with E-state index in [0.717, 1.165) is 11.4 Å². The van der Waals surface area contributed by atoms with Gasteiger partial charge in [0, 0.05) is 4.88 Å². The Labute approximate surface area is 149 Å². The van der Waals surface area contributed by atoms with E-state index in [1.807, 2.05) is 37.7 Å². The van der Waals surface area contributed by atoms with E-state index in [2.05, 4.69) is 0 Å². The van der Waals surface area contributed by atoms with Crippen molar-refractivity contribution in [2.75, 3.05) is 27.2 Å². The number of rotatable bonds is 4. The Morgan fingerprint density at radius 1 is 1.16 bits per heavy atom. The normalized spacial score (nSPS) is 16.8. The minimum atomic E-state index is -0.359. The molecule has 6 heteroatoms. The Kier molecular flexibility index (Phi) is 3.94. The van der Waals surface area contributed by atoms with Crippen molar-refractivity contribution >= 4 is 28.2 Å². The highest BCUT2D eigenvalue weighted by Crippen LogP contribution is 2.39. The summed E-state index contributed by atoms with van der Waals surface area (Å²) < 4.78 is 5.87. The van der Waals surface area contributed by atoms with Gasteiger partial charge in [-0.3, -0.25) is 9.59 Å². The van der Waals surface area contributed by atoms with Crippen LogP contribution in [-0.4, -0.2) is 38.0 Å². The maximum Gasteiger partial charge on any atom is 0.291 e. The highest BCUT2D eigenvalue weighted by molar-refractivity contribution is 7.10. The second-order valence-corrected chi connectivity index (χ2v) is 7.52. The van der Waals surface area contributed by atoms with Crippen molar-refractivity contribution in [2.24, 2.45) is 0 Å². The predicted octanol–water partition coefficient (Wildman–Crippen LogP) is 1.54. The number of amides is 1. The summed E-state index contributed by atoms with van der Waals surface area (Å²) in [6.07, 6.45) is 0. The van der Waals surface area contributed by atoms with Gasteiger partial charge in [-0.15, -0.1) is 11.3 Å². The number of benzene rings is 1. The SMILES string of the molecule is C[NH+](C)CCN1C(=O)c2oc3ccccc3c(=O)c2[C@H]1c1cccs1. The number of hydrogen-bond donors (Lipinski definition) is 1. The zero-order chi connectivity index (χ0) is 17.6. The number of hydrogen-bond acceptors (Lipinski definition) is 4. The van der Waals surface area contributed by atoms with Crippen LogP contribution in [0.2, 0.25) is 0 Å². The number of carbonyl (C=O) groups is 1. The van der Waals surface area contributed by atoms with E-state index >= 15 is 0 Å². The van der Waals surface area contributed by atoms with Crippen molar-refractivity contribution in [3.05, 3.63) is 68.2 Å². The zero-order valence-electron chi connectivity index (χ0n) is 14.1. The standard InChI is InChI=1S/C19H18N2O3S/c1-20(2)9-10-21-16(14-8-5-11-25-14)15-17(22)12-6-3-4-7-13(12)24-18(15)19(21)23/h3-8,11,16H,9-10H2,1-2H3/p+1/t16-/m1/s1. The van der Waals surface area contributed by atoms with Crippen molar-refractivity contribution in [3.63, 3.8) is 0 Å². The lowest BCUT2D eigenvalue weighted by atomic mass is 10.0. The van der Waals surface area contributed by atoms with Crippen LogP contribution in [0.5, 0.6) is 0 Å². The Bertz CT molecular complexity index is 992.